The summed E-state index contributed by atoms with van der Waals surface area (Å²) in [6, 6.07) is 0. The van der Waals surface area contributed by atoms with Crippen LogP contribution in [0.4, 0.5) is 0 Å². The van der Waals surface area contributed by atoms with Crippen LogP contribution in [0.5, 0.6) is 0 Å². The van der Waals surface area contributed by atoms with Crippen LogP contribution in [0.3, 0.4) is 0 Å². The van der Waals surface area contributed by atoms with Gasteiger partial charge in [0.25, 0.3) is 0 Å². The Hall–Kier alpha value is -3.93. The van der Waals surface area contributed by atoms with Gasteiger partial charge >= 0.3 is 17.9 Å². The second-order valence-corrected chi connectivity index (χ2v) is 16.3. The number of carbonyl (C=O) groups excluding carboxylic acids is 3. The van der Waals surface area contributed by atoms with E-state index in [-0.39, 0.29) is 31.1 Å². The molecule has 0 spiro atoms. The Balaban J connectivity index is 4.21. The van der Waals surface area contributed by atoms with Gasteiger partial charge in [-0.3, -0.25) is 14.4 Å². The number of rotatable bonds is 44. The molecule has 0 aromatic heterocycles. The Morgan fingerprint density at radius 1 is 0.333 bits per heavy atom. The molecule has 0 radical (unpaired) electrons. The molecule has 0 fully saturated rings. The second-order valence-electron chi connectivity index (χ2n) is 16.3. The summed E-state index contributed by atoms with van der Waals surface area (Å²) in [5, 5.41) is 0. The van der Waals surface area contributed by atoms with E-state index in [4.69, 9.17) is 14.2 Å². The van der Waals surface area contributed by atoms with Gasteiger partial charge in [-0.1, -0.05) is 201 Å². The fraction of sp³-hybridized carbons (Fsp3) is 0.632. The molecule has 63 heavy (non-hydrogen) atoms. The monoisotopic (exact) mass is 873 g/mol. The SMILES string of the molecule is CC/C=C\C/C=C\C/C=C\C/C=C\C/C=C\C/C=C\CCCCCCCCC(=O)OCC(COC(=O)CCCCCCC)OC(=O)CCCCCCC/C=C\C/C=C\C/C=C\CC. The number of hydrogen-bond acceptors (Lipinski definition) is 6. The van der Waals surface area contributed by atoms with Gasteiger partial charge in [-0.15, -0.1) is 0 Å². The summed E-state index contributed by atoms with van der Waals surface area (Å²) < 4.78 is 16.6. The Labute approximate surface area is 387 Å². The molecule has 356 valence electrons. The lowest BCUT2D eigenvalue weighted by molar-refractivity contribution is -0.167. The molecule has 0 heterocycles. The van der Waals surface area contributed by atoms with Crippen molar-refractivity contribution in [2.24, 2.45) is 0 Å². The van der Waals surface area contributed by atoms with Crippen molar-refractivity contribution in [3.8, 4) is 0 Å². The van der Waals surface area contributed by atoms with E-state index in [1.54, 1.807) is 0 Å². The summed E-state index contributed by atoms with van der Waals surface area (Å²) in [6.45, 7) is 6.28. The standard InChI is InChI=1S/C57H92O6/c1-4-7-10-13-15-17-19-21-23-24-25-26-27-28-29-30-31-32-34-35-37-39-41-44-47-50-56(59)62-53-54(52-61-55(58)49-46-43-12-9-6-3)63-57(60)51-48-45-42-40-38-36-33-22-20-18-16-14-11-8-5-2/h7-8,10-11,15-18,21-23,25-26,28-29,31-33,54H,4-6,9,12-14,19-20,24,27,30,34-53H2,1-3H3/b10-7-,11-8-,17-15-,18-16-,23-21-,26-25-,29-28-,32-31-,33-22-. The van der Waals surface area contributed by atoms with Crippen LogP contribution >= 0.6 is 0 Å². The average molecular weight is 873 g/mol. The van der Waals surface area contributed by atoms with E-state index < -0.39 is 6.10 Å². The van der Waals surface area contributed by atoms with Crippen LogP contribution in [0.25, 0.3) is 0 Å². The van der Waals surface area contributed by atoms with Gasteiger partial charge in [-0.2, -0.15) is 0 Å². The molecular weight excluding hydrogens is 781 g/mol. The number of ether oxygens (including phenoxy) is 3. The van der Waals surface area contributed by atoms with Crippen molar-refractivity contribution in [1.29, 1.82) is 0 Å². The Kier molecular flexibility index (Phi) is 47.5. The zero-order valence-electron chi connectivity index (χ0n) is 40.5. The first-order chi connectivity index (χ1) is 31.0. The Morgan fingerprint density at radius 2 is 0.619 bits per heavy atom. The third kappa shape index (κ3) is 49.0. The highest BCUT2D eigenvalue weighted by Gasteiger charge is 2.19. The van der Waals surface area contributed by atoms with Crippen LogP contribution in [-0.4, -0.2) is 37.2 Å². The highest BCUT2D eigenvalue weighted by molar-refractivity contribution is 5.71. The largest absolute Gasteiger partial charge is 0.462 e. The van der Waals surface area contributed by atoms with Crippen LogP contribution in [-0.2, 0) is 28.6 Å². The summed E-state index contributed by atoms with van der Waals surface area (Å²) in [5.74, 6) is -0.946. The minimum absolute atomic E-state index is 0.0927. The Morgan fingerprint density at radius 3 is 0.968 bits per heavy atom. The maximum Gasteiger partial charge on any atom is 0.306 e. The maximum absolute atomic E-state index is 12.7. The molecule has 0 aliphatic carbocycles. The molecule has 0 bridgehead atoms. The lowest BCUT2D eigenvalue weighted by Crippen LogP contribution is -2.30. The smallest absolute Gasteiger partial charge is 0.306 e. The van der Waals surface area contributed by atoms with Crippen LogP contribution in [0, 0.1) is 0 Å². The highest BCUT2D eigenvalue weighted by Crippen LogP contribution is 2.13. The summed E-state index contributed by atoms with van der Waals surface area (Å²) in [6.07, 6.45) is 68.2. The molecule has 1 atom stereocenters. The van der Waals surface area contributed by atoms with Crippen LogP contribution in [0.15, 0.2) is 109 Å². The van der Waals surface area contributed by atoms with Gasteiger partial charge in [-0.05, 0) is 103 Å². The fourth-order valence-corrected chi connectivity index (χ4v) is 6.52. The van der Waals surface area contributed by atoms with Crippen LogP contribution in [0.2, 0.25) is 0 Å². The van der Waals surface area contributed by atoms with E-state index in [0.29, 0.717) is 19.3 Å². The molecule has 0 aromatic carbocycles. The van der Waals surface area contributed by atoms with E-state index in [1.807, 2.05) is 0 Å². The van der Waals surface area contributed by atoms with Crippen molar-refractivity contribution < 1.29 is 28.6 Å². The topological polar surface area (TPSA) is 78.9 Å². The minimum atomic E-state index is -0.791. The first kappa shape index (κ1) is 59.1. The number of hydrogen-bond donors (Lipinski definition) is 0. The van der Waals surface area contributed by atoms with Gasteiger partial charge in [0.05, 0.1) is 0 Å². The molecular formula is C57H92O6. The lowest BCUT2D eigenvalue weighted by atomic mass is 10.1. The van der Waals surface area contributed by atoms with E-state index in [9.17, 15) is 14.4 Å². The molecule has 0 N–H and O–H groups in total. The number of carbonyl (C=O) groups is 3. The zero-order chi connectivity index (χ0) is 45.8. The van der Waals surface area contributed by atoms with Crippen molar-refractivity contribution >= 4 is 17.9 Å². The van der Waals surface area contributed by atoms with Gasteiger partial charge in [0.1, 0.15) is 13.2 Å². The summed E-state index contributed by atoms with van der Waals surface area (Å²) in [4.78, 5) is 37.6. The van der Waals surface area contributed by atoms with Gasteiger partial charge < -0.3 is 14.2 Å². The normalized spacial score (nSPS) is 13.0. The minimum Gasteiger partial charge on any atom is -0.462 e. The number of allylic oxidation sites excluding steroid dienone is 18. The molecule has 0 saturated carbocycles. The molecule has 6 heteroatoms. The van der Waals surface area contributed by atoms with E-state index >= 15 is 0 Å². The maximum atomic E-state index is 12.7. The molecule has 0 aliphatic rings. The second kappa shape index (κ2) is 50.7. The van der Waals surface area contributed by atoms with E-state index in [0.717, 1.165) is 161 Å². The van der Waals surface area contributed by atoms with Crippen LogP contribution < -0.4 is 0 Å². The summed E-state index contributed by atoms with van der Waals surface area (Å²) in [5.41, 5.74) is 0. The first-order valence-corrected chi connectivity index (χ1v) is 25.4. The molecule has 0 aromatic rings. The fourth-order valence-electron chi connectivity index (χ4n) is 6.52. The van der Waals surface area contributed by atoms with E-state index in [2.05, 4.69) is 130 Å². The third-order valence-corrected chi connectivity index (χ3v) is 10.3. The van der Waals surface area contributed by atoms with Crippen molar-refractivity contribution in [2.75, 3.05) is 13.2 Å². The molecule has 1 unspecified atom stereocenters. The third-order valence-electron chi connectivity index (χ3n) is 10.3. The lowest BCUT2D eigenvalue weighted by Gasteiger charge is -2.18. The molecule has 0 rings (SSSR count). The van der Waals surface area contributed by atoms with Gasteiger partial charge in [0.2, 0.25) is 0 Å². The molecule has 0 amide bonds. The predicted molar refractivity (Wildman–Crippen MR) is 270 cm³/mol. The summed E-state index contributed by atoms with van der Waals surface area (Å²) >= 11 is 0. The van der Waals surface area contributed by atoms with Crippen molar-refractivity contribution in [3.63, 3.8) is 0 Å². The zero-order valence-corrected chi connectivity index (χ0v) is 40.5. The van der Waals surface area contributed by atoms with Crippen molar-refractivity contribution in [3.05, 3.63) is 109 Å². The molecule has 6 nitrogen and oxygen atoms in total. The number of unbranched alkanes of at least 4 members (excludes halogenated alkanes) is 15. The molecule has 0 aliphatic heterocycles. The van der Waals surface area contributed by atoms with Gasteiger partial charge in [0.15, 0.2) is 6.10 Å². The first-order valence-electron chi connectivity index (χ1n) is 25.4. The highest BCUT2D eigenvalue weighted by atomic mass is 16.6. The van der Waals surface area contributed by atoms with Gasteiger partial charge in [-0.25, -0.2) is 0 Å². The quantitative estimate of drug-likeness (QED) is 0.0263. The average Bonchev–Trinajstić information content (AvgIpc) is 3.28. The van der Waals surface area contributed by atoms with Crippen molar-refractivity contribution in [2.45, 2.75) is 219 Å². The number of esters is 3. The van der Waals surface area contributed by atoms with E-state index in [1.165, 1.54) is 12.8 Å². The summed E-state index contributed by atoms with van der Waals surface area (Å²) in [7, 11) is 0. The van der Waals surface area contributed by atoms with Crippen molar-refractivity contribution in [1.82, 2.24) is 0 Å². The van der Waals surface area contributed by atoms with Crippen LogP contribution in [0.1, 0.15) is 213 Å². The Bertz CT molecular complexity index is 1330. The van der Waals surface area contributed by atoms with Gasteiger partial charge in [0, 0.05) is 19.3 Å². The molecule has 0 saturated heterocycles. The predicted octanol–water partition coefficient (Wildman–Crippen LogP) is 16.8.